The zero-order valence-corrected chi connectivity index (χ0v) is 15.6. The molecule has 1 unspecified atom stereocenters. The van der Waals surface area contributed by atoms with Crippen LogP contribution >= 0.6 is 0 Å². The van der Waals surface area contributed by atoms with Crippen molar-refractivity contribution >= 4 is 5.91 Å². The normalized spacial score (nSPS) is 12.3. The summed E-state index contributed by atoms with van der Waals surface area (Å²) in [7, 11) is 0. The minimum absolute atomic E-state index is 0.0562. The highest BCUT2D eigenvalue weighted by Crippen LogP contribution is 2.24. The molecule has 0 aliphatic carbocycles. The van der Waals surface area contributed by atoms with E-state index in [-0.39, 0.29) is 29.5 Å². The van der Waals surface area contributed by atoms with Gasteiger partial charge in [0.2, 0.25) is 5.89 Å². The van der Waals surface area contributed by atoms with Crippen molar-refractivity contribution in [1.29, 1.82) is 0 Å². The fourth-order valence-corrected chi connectivity index (χ4v) is 2.91. The van der Waals surface area contributed by atoms with E-state index in [2.05, 4.69) is 34.6 Å². The molecule has 0 bridgehead atoms. The fourth-order valence-electron chi connectivity index (χ4n) is 2.91. The molecule has 1 aromatic heterocycles. The highest BCUT2D eigenvalue weighted by molar-refractivity contribution is 5.92. The summed E-state index contributed by atoms with van der Waals surface area (Å²) in [5.41, 5.74) is 8.58. The Kier molecular flexibility index (Phi) is 6.04. The predicted molar refractivity (Wildman–Crippen MR) is 105 cm³/mol. The molecule has 1 amide bonds. The molecule has 0 spiro atoms. The molecule has 5 heteroatoms. The fraction of sp³-hybridized carbons (Fsp3) is 0.273. The zero-order chi connectivity index (χ0) is 19.2. The summed E-state index contributed by atoms with van der Waals surface area (Å²) in [6.45, 7) is 4.43. The van der Waals surface area contributed by atoms with E-state index in [0.29, 0.717) is 12.4 Å². The van der Waals surface area contributed by atoms with Gasteiger partial charge >= 0.3 is 0 Å². The summed E-state index contributed by atoms with van der Waals surface area (Å²) in [6.07, 6.45) is 1.37. The molecule has 0 saturated carbocycles. The van der Waals surface area contributed by atoms with Gasteiger partial charge in [0.25, 0.3) is 5.91 Å². The van der Waals surface area contributed by atoms with Crippen LogP contribution in [0.15, 0.2) is 71.3 Å². The summed E-state index contributed by atoms with van der Waals surface area (Å²) in [5.74, 6) is 0.358. The second kappa shape index (κ2) is 8.64. The van der Waals surface area contributed by atoms with Crippen LogP contribution in [0.25, 0.3) is 0 Å². The number of nitrogens with two attached hydrogens (primary N) is 1. The summed E-state index contributed by atoms with van der Waals surface area (Å²) in [6, 6.07) is 19.9. The van der Waals surface area contributed by atoms with Gasteiger partial charge in [0.1, 0.15) is 6.26 Å². The molecule has 0 aliphatic heterocycles. The maximum Gasteiger partial charge on any atom is 0.273 e. The summed E-state index contributed by atoms with van der Waals surface area (Å²) in [5, 5.41) is 2.98. The van der Waals surface area contributed by atoms with Crippen LogP contribution in [-0.2, 0) is 0 Å². The van der Waals surface area contributed by atoms with Gasteiger partial charge in [-0.1, -0.05) is 74.5 Å². The zero-order valence-electron chi connectivity index (χ0n) is 15.6. The van der Waals surface area contributed by atoms with E-state index in [9.17, 15) is 4.79 Å². The first-order valence-electron chi connectivity index (χ1n) is 9.15. The van der Waals surface area contributed by atoms with Gasteiger partial charge in [0.05, 0.1) is 6.04 Å². The number of oxazole rings is 1. The van der Waals surface area contributed by atoms with Crippen molar-refractivity contribution in [3.05, 3.63) is 89.6 Å². The number of nitrogens with one attached hydrogen (secondary N) is 1. The second-order valence-electron chi connectivity index (χ2n) is 6.92. The van der Waals surface area contributed by atoms with Crippen LogP contribution in [0.3, 0.4) is 0 Å². The molecule has 3 aromatic rings. The largest absolute Gasteiger partial charge is 0.446 e. The van der Waals surface area contributed by atoms with E-state index in [1.807, 2.05) is 50.2 Å². The van der Waals surface area contributed by atoms with E-state index < -0.39 is 0 Å². The topological polar surface area (TPSA) is 81.1 Å². The molecule has 27 heavy (non-hydrogen) atoms. The lowest BCUT2D eigenvalue weighted by molar-refractivity contribution is 0.0947. The van der Waals surface area contributed by atoms with Gasteiger partial charge in [-0.2, -0.15) is 0 Å². The number of hydrogen-bond donors (Lipinski definition) is 2. The Bertz CT molecular complexity index is 820. The number of carbonyl (C=O) groups excluding carboxylic acids is 1. The van der Waals surface area contributed by atoms with Crippen molar-refractivity contribution in [2.75, 3.05) is 6.54 Å². The molecule has 3 rings (SSSR count). The molecule has 2 aromatic carbocycles. The van der Waals surface area contributed by atoms with Gasteiger partial charge in [0.15, 0.2) is 5.69 Å². The molecule has 0 fully saturated rings. The molecule has 1 heterocycles. The molecular formula is C22H25N3O2. The standard InChI is InChI=1S/C22H25N3O2/c1-15(2)20(23)22-25-19(14-27-22)21(26)24-13-18(16-9-5-3-6-10-16)17-11-7-4-8-12-17/h3-12,14-15,18,20H,13,23H2,1-2H3,(H,24,26). The molecule has 140 valence electrons. The molecular weight excluding hydrogens is 338 g/mol. The molecule has 0 aliphatic rings. The average molecular weight is 363 g/mol. The highest BCUT2D eigenvalue weighted by atomic mass is 16.3. The van der Waals surface area contributed by atoms with Crippen LogP contribution in [0.1, 0.15) is 53.3 Å². The van der Waals surface area contributed by atoms with E-state index in [1.54, 1.807) is 0 Å². The van der Waals surface area contributed by atoms with E-state index in [0.717, 1.165) is 11.1 Å². The van der Waals surface area contributed by atoms with Crippen LogP contribution in [0, 0.1) is 5.92 Å². The molecule has 0 radical (unpaired) electrons. The third-order valence-electron chi connectivity index (χ3n) is 4.63. The van der Waals surface area contributed by atoms with Crippen molar-refractivity contribution in [2.24, 2.45) is 11.7 Å². The Morgan fingerprint density at radius 3 is 2.11 bits per heavy atom. The van der Waals surface area contributed by atoms with Crippen LogP contribution in [0.5, 0.6) is 0 Å². The lowest BCUT2D eigenvalue weighted by Crippen LogP contribution is -2.29. The summed E-state index contributed by atoms with van der Waals surface area (Å²) >= 11 is 0. The van der Waals surface area contributed by atoms with Crippen molar-refractivity contribution < 1.29 is 9.21 Å². The Morgan fingerprint density at radius 2 is 1.59 bits per heavy atom. The number of nitrogens with zero attached hydrogens (tertiary/aromatic N) is 1. The second-order valence-corrected chi connectivity index (χ2v) is 6.92. The van der Waals surface area contributed by atoms with Gasteiger partial charge in [-0.25, -0.2) is 4.98 Å². The smallest absolute Gasteiger partial charge is 0.273 e. The van der Waals surface area contributed by atoms with Gasteiger partial charge in [-0.15, -0.1) is 0 Å². The van der Waals surface area contributed by atoms with Crippen molar-refractivity contribution in [3.8, 4) is 0 Å². The average Bonchev–Trinajstić information content (AvgIpc) is 3.19. The molecule has 0 saturated heterocycles. The highest BCUT2D eigenvalue weighted by Gasteiger charge is 2.21. The Hall–Kier alpha value is -2.92. The van der Waals surface area contributed by atoms with E-state index in [4.69, 9.17) is 10.2 Å². The lowest BCUT2D eigenvalue weighted by Gasteiger charge is -2.18. The molecule has 5 nitrogen and oxygen atoms in total. The maximum atomic E-state index is 12.5. The Labute approximate surface area is 159 Å². The summed E-state index contributed by atoms with van der Waals surface area (Å²) in [4.78, 5) is 16.8. The Morgan fingerprint density at radius 1 is 1.04 bits per heavy atom. The minimum atomic E-state index is -0.326. The van der Waals surface area contributed by atoms with Crippen molar-refractivity contribution in [2.45, 2.75) is 25.8 Å². The number of aromatic nitrogens is 1. The SMILES string of the molecule is CC(C)C(N)c1nc(C(=O)NCC(c2ccccc2)c2ccccc2)co1. The van der Waals surface area contributed by atoms with Crippen LogP contribution in [0.4, 0.5) is 0 Å². The number of carbonyl (C=O) groups is 1. The lowest BCUT2D eigenvalue weighted by atomic mass is 9.91. The predicted octanol–water partition coefficient (Wildman–Crippen LogP) is 3.89. The third-order valence-corrected chi connectivity index (χ3v) is 4.63. The number of amides is 1. The van der Waals surface area contributed by atoms with E-state index >= 15 is 0 Å². The first-order chi connectivity index (χ1) is 13.1. The minimum Gasteiger partial charge on any atom is -0.446 e. The molecule has 3 N–H and O–H groups in total. The van der Waals surface area contributed by atoms with Gasteiger partial charge in [0, 0.05) is 12.5 Å². The Balaban J connectivity index is 1.73. The van der Waals surface area contributed by atoms with Crippen LogP contribution in [0.2, 0.25) is 0 Å². The third kappa shape index (κ3) is 4.63. The van der Waals surface area contributed by atoms with Gasteiger partial charge < -0.3 is 15.5 Å². The molecule has 1 atom stereocenters. The monoisotopic (exact) mass is 363 g/mol. The van der Waals surface area contributed by atoms with Gasteiger partial charge in [-0.3, -0.25) is 4.79 Å². The maximum absolute atomic E-state index is 12.5. The summed E-state index contributed by atoms with van der Waals surface area (Å²) < 4.78 is 5.39. The first-order valence-corrected chi connectivity index (χ1v) is 9.15. The van der Waals surface area contributed by atoms with Crippen LogP contribution < -0.4 is 11.1 Å². The van der Waals surface area contributed by atoms with Crippen LogP contribution in [-0.4, -0.2) is 17.4 Å². The van der Waals surface area contributed by atoms with Crippen molar-refractivity contribution in [1.82, 2.24) is 10.3 Å². The first kappa shape index (κ1) is 18.9. The van der Waals surface area contributed by atoms with Crippen molar-refractivity contribution in [3.63, 3.8) is 0 Å². The number of rotatable bonds is 7. The van der Waals surface area contributed by atoms with Gasteiger partial charge in [-0.05, 0) is 17.0 Å². The quantitative estimate of drug-likeness (QED) is 0.667. The van der Waals surface area contributed by atoms with E-state index in [1.165, 1.54) is 6.26 Å². The number of benzene rings is 2. The number of hydrogen-bond acceptors (Lipinski definition) is 4.